The number of morpholine rings is 1. The Morgan fingerprint density at radius 3 is 2.81 bits per heavy atom. The van der Waals surface area contributed by atoms with E-state index in [0.29, 0.717) is 18.3 Å². The lowest BCUT2D eigenvalue weighted by atomic mass is 9.96. The topological polar surface area (TPSA) is 71.1 Å². The monoisotopic (exact) mass is 229 g/mol. The molecule has 0 aromatic heterocycles. The van der Waals surface area contributed by atoms with Crippen molar-refractivity contribution in [1.82, 2.24) is 4.90 Å². The fourth-order valence-electron chi connectivity index (χ4n) is 2.30. The van der Waals surface area contributed by atoms with Gasteiger partial charge in [-0.15, -0.1) is 0 Å². The highest BCUT2D eigenvalue weighted by molar-refractivity contribution is 5.80. The van der Waals surface area contributed by atoms with E-state index in [1.54, 1.807) is 0 Å². The van der Waals surface area contributed by atoms with Crippen molar-refractivity contribution in [3.8, 4) is 0 Å². The quantitative estimate of drug-likeness (QED) is 0.327. The lowest BCUT2D eigenvalue weighted by Crippen LogP contribution is -2.57. The smallest absolute Gasteiger partial charge is 0.140 e. The van der Waals surface area contributed by atoms with Gasteiger partial charge >= 0.3 is 0 Å². The van der Waals surface area contributed by atoms with Gasteiger partial charge in [0.05, 0.1) is 13.2 Å². The standard InChI is InChI=1S/C11H23N3O2/c1-4-9(7-10(12)13-15)14-5-6-16-8-11(14,2)3/h9,15H,4-8H2,1-3H3,(H2,12,13). The Morgan fingerprint density at radius 2 is 2.31 bits per heavy atom. The van der Waals surface area contributed by atoms with E-state index in [0.717, 1.165) is 26.2 Å². The molecule has 3 N–H and O–H groups in total. The molecule has 1 fully saturated rings. The molecule has 1 unspecified atom stereocenters. The van der Waals surface area contributed by atoms with Crippen molar-refractivity contribution in [3.63, 3.8) is 0 Å². The van der Waals surface area contributed by atoms with Gasteiger partial charge in [0.25, 0.3) is 0 Å². The molecule has 5 heteroatoms. The molecule has 1 rings (SSSR count). The largest absolute Gasteiger partial charge is 0.409 e. The molecule has 0 amide bonds. The van der Waals surface area contributed by atoms with Gasteiger partial charge in [0.1, 0.15) is 5.84 Å². The van der Waals surface area contributed by atoms with Crippen LogP contribution in [0.5, 0.6) is 0 Å². The molecule has 0 aromatic carbocycles. The summed E-state index contributed by atoms with van der Waals surface area (Å²) in [5, 5.41) is 11.7. The lowest BCUT2D eigenvalue weighted by Gasteiger charge is -2.46. The van der Waals surface area contributed by atoms with Crippen molar-refractivity contribution in [2.24, 2.45) is 10.9 Å². The average Bonchev–Trinajstić information content (AvgIpc) is 2.25. The third kappa shape index (κ3) is 3.09. The summed E-state index contributed by atoms with van der Waals surface area (Å²) < 4.78 is 5.49. The minimum atomic E-state index is 0.0225. The third-order valence-corrected chi connectivity index (χ3v) is 3.19. The second-order valence-electron chi connectivity index (χ2n) is 4.92. The zero-order valence-electron chi connectivity index (χ0n) is 10.4. The predicted octanol–water partition coefficient (Wildman–Crippen LogP) is 1.01. The molecule has 94 valence electrons. The Bertz CT molecular complexity index is 254. The Morgan fingerprint density at radius 1 is 1.62 bits per heavy atom. The zero-order valence-corrected chi connectivity index (χ0v) is 10.4. The van der Waals surface area contributed by atoms with Crippen LogP contribution in [0.1, 0.15) is 33.6 Å². The first-order valence-corrected chi connectivity index (χ1v) is 5.82. The zero-order chi connectivity index (χ0) is 12.2. The van der Waals surface area contributed by atoms with Crippen LogP contribution in [0.15, 0.2) is 5.16 Å². The molecule has 1 aliphatic rings. The maximum atomic E-state index is 8.63. The Balaban J connectivity index is 2.70. The second kappa shape index (κ2) is 5.50. The van der Waals surface area contributed by atoms with Crippen molar-refractivity contribution in [3.05, 3.63) is 0 Å². The minimum Gasteiger partial charge on any atom is -0.409 e. The van der Waals surface area contributed by atoms with Crippen molar-refractivity contribution < 1.29 is 9.94 Å². The van der Waals surface area contributed by atoms with Crippen LogP contribution >= 0.6 is 0 Å². The van der Waals surface area contributed by atoms with Crippen molar-refractivity contribution in [2.75, 3.05) is 19.8 Å². The highest BCUT2D eigenvalue weighted by atomic mass is 16.5. The van der Waals surface area contributed by atoms with Crippen molar-refractivity contribution >= 4 is 5.84 Å². The van der Waals surface area contributed by atoms with Gasteiger partial charge in [-0.25, -0.2) is 0 Å². The van der Waals surface area contributed by atoms with Crippen LogP contribution in [0.3, 0.4) is 0 Å². The predicted molar refractivity (Wildman–Crippen MR) is 63.7 cm³/mol. The van der Waals surface area contributed by atoms with E-state index in [-0.39, 0.29) is 5.54 Å². The van der Waals surface area contributed by atoms with Crippen LogP contribution in [-0.4, -0.2) is 47.3 Å². The van der Waals surface area contributed by atoms with Gasteiger partial charge < -0.3 is 15.7 Å². The van der Waals surface area contributed by atoms with Crippen LogP contribution in [-0.2, 0) is 4.74 Å². The van der Waals surface area contributed by atoms with E-state index in [4.69, 9.17) is 15.7 Å². The van der Waals surface area contributed by atoms with E-state index in [2.05, 4.69) is 30.8 Å². The van der Waals surface area contributed by atoms with Gasteiger partial charge in [0.15, 0.2) is 0 Å². The van der Waals surface area contributed by atoms with E-state index < -0.39 is 0 Å². The van der Waals surface area contributed by atoms with E-state index >= 15 is 0 Å². The minimum absolute atomic E-state index is 0.0225. The van der Waals surface area contributed by atoms with Crippen LogP contribution in [0.4, 0.5) is 0 Å². The summed E-state index contributed by atoms with van der Waals surface area (Å²) in [6, 6.07) is 0.315. The van der Waals surface area contributed by atoms with Gasteiger partial charge in [0, 0.05) is 24.5 Å². The van der Waals surface area contributed by atoms with Gasteiger partial charge in [0.2, 0.25) is 0 Å². The maximum Gasteiger partial charge on any atom is 0.140 e. The summed E-state index contributed by atoms with van der Waals surface area (Å²) in [5.41, 5.74) is 5.61. The molecule has 0 aromatic rings. The summed E-state index contributed by atoms with van der Waals surface area (Å²) in [7, 11) is 0. The Hall–Kier alpha value is -0.810. The van der Waals surface area contributed by atoms with Crippen LogP contribution < -0.4 is 5.73 Å². The van der Waals surface area contributed by atoms with Crippen molar-refractivity contribution in [1.29, 1.82) is 0 Å². The molecule has 0 spiro atoms. The molecule has 1 aliphatic heterocycles. The fourth-order valence-corrected chi connectivity index (χ4v) is 2.30. The molecule has 0 saturated carbocycles. The molecule has 0 radical (unpaired) electrons. The molecule has 0 bridgehead atoms. The Labute approximate surface area is 97.2 Å². The van der Waals surface area contributed by atoms with Crippen LogP contribution in [0.2, 0.25) is 0 Å². The number of hydrogen-bond acceptors (Lipinski definition) is 4. The van der Waals surface area contributed by atoms with Crippen molar-refractivity contribution in [2.45, 2.75) is 45.2 Å². The molecule has 1 heterocycles. The van der Waals surface area contributed by atoms with E-state index in [1.807, 2.05) is 0 Å². The summed E-state index contributed by atoms with van der Waals surface area (Å²) >= 11 is 0. The van der Waals surface area contributed by atoms with E-state index in [1.165, 1.54) is 0 Å². The summed E-state index contributed by atoms with van der Waals surface area (Å²) in [5.74, 6) is 0.300. The molecular weight excluding hydrogens is 206 g/mol. The van der Waals surface area contributed by atoms with E-state index in [9.17, 15) is 0 Å². The molecule has 16 heavy (non-hydrogen) atoms. The SMILES string of the molecule is CCC(C/C(N)=N/O)N1CCOCC1(C)C. The fraction of sp³-hybridized carbons (Fsp3) is 0.909. The molecule has 1 saturated heterocycles. The first-order valence-electron chi connectivity index (χ1n) is 5.82. The third-order valence-electron chi connectivity index (χ3n) is 3.19. The average molecular weight is 229 g/mol. The first-order chi connectivity index (χ1) is 7.51. The molecule has 1 atom stereocenters. The van der Waals surface area contributed by atoms with Crippen LogP contribution in [0, 0.1) is 0 Å². The number of ether oxygens (including phenoxy) is 1. The summed E-state index contributed by atoms with van der Waals surface area (Å²) in [4.78, 5) is 2.40. The van der Waals surface area contributed by atoms with Gasteiger partial charge in [-0.3, -0.25) is 4.90 Å². The number of oxime groups is 1. The van der Waals surface area contributed by atoms with Gasteiger partial charge in [-0.05, 0) is 20.3 Å². The Kier molecular flexibility index (Phi) is 4.56. The molecule has 0 aliphatic carbocycles. The number of nitrogens with zero attached hydrogens (tertiary/aromatic N) is 2. The van der Waals surface area contributed by atoms with Gasteiger partial charge in [-0.1, -0.05) is 12.1 Å². The highest BCUT2D eigenvalue weighted by Gasteiger charge is 2.34. The highest BCUT2D eigenvalue weighted by Crippen LogP contribution is 2.24. The number of hydrogen-bond donors (Lipinski definition) is 2. The normalized spacial score (nSPS) is 24.3. The lowest BCUT2D eigenvalue weighted by molar-refractivity contribution is -0.0713. The molecule has 5 nitrogen and oxygen atoms in total. The maximum absolute atomic E-state index is 8.63. The second-order valence-corrected chi connectivity index (χ2v) is 4.92. The number of rotatable bonds is 4. The molecular formula is C11H23N3O2. The van der Waals surface area contributed by atoms with Crippen LogP contribution in [0.25, 0.3) is 0 Å². The number of nitrogens with two attached hydrogens (primary N) is 1. The first kappa shape index (κ1) is 13.3. The van der Waals surface area contributed by atoms with Gasteiger partial charge in [-0.2, -0.15) is 0 Å². The summed E-state index contributed by atoms with van der Waals surface area (Å²) in [6.45, 7) is 8.86. The number of amidine groups is 1. The summed E-state index contributed by atoms with van der Waals surface area (Å²) in [6.07, 6.45) is 1.59.